The van der Waals surface area contributed by atoms with Crippen LogP contribution in [0, 0.1) is 11.3 Å². The molecule has 1 saturated carbocycles. The Labute approximate surface area is 231 Å². The summed E-state index contributed by atoms with van der Waals surface area (Å²) < 4.78 is 84.0. The quantitative estimate of drug-likeness (QED) is 0.433. The fraction of sp³-hybridized carbons (Fsp3) is 0.500. The molecule has 4 rings (SSSR count). The Morgan fingerprint density at radius 1 is 1.05 bits per heavy atom. The summed E-state index contributed by atoms with van der Waals surface area (Å²) in [6.07, 6.45) is -6.06. The van der Waals surface area contributed by atoms with Crippen LogP contribution in [0.3, 0.4) is 0 Å². The van der Waals surface area contributed by atoms with E-state index in [2.05, 4.69) is 10.3 Å². The van der Waals surface area contributed by atoms with Crippen molar-refractivity contribution >= 4 is 29.0 Å². The fourth-order valence-corrected chi connectivity index (χ4v) is 5.13. The second kappa shape index (κ2) is 12.1. The molecule has 1 aromatic heterocycles. The molecule has 2 heterocycles. The first-order valence-electron chi connectivity index (χ1n) is 12.6. The number of halogens is 7. The number of nitriles is 1. The van der Waals surface area contributed by atoms with Crippen molar-refractivity contribution in [2.75, 3.05) is 43.0 Å². The number of hydrogen-bond donors (Lipinski definition) is 1. The van der Waals surface area contributed by atoms with Crippen molar-refractivity contribution in [2.24, 2.45) is 0 Å². The fourth-order valence-electron chi connectivity index (χ4n) is 4.84. The van der Waals surface area contributed by atoms with E-state index in [0.717, 1.165) is 24.4 Å². The lowest BCUT2D eigenvalue weighted by Crippen LogP contribution is -2.50. The van der Waals surface area contributed by atoms with Gasteiger partial charge in [0.15, 0.2) is 0 Å². The highest BCUT2D eigenvalue weighted by Gasteiger charge is 2.35. The van der Waals surface area contributed by atoms with Gasteiger partial charge in [0.2, 0.25) is 5.91 Å². The van der Waals surface area contributed by atoms with Crippen LogP contribution in [0.4, 0.5) is 37.8 Å². The van der Waals surface area contributed by atoms with Crippen LogP contribution in [0.25, 0.3) is 0 Å². The molecule has 0 atom stereocenters. The summed E-state index contributed by atoms with van der Waals surface area (Å²) in [6, 6.07) is 5.89. The number of aromatic nitrogens is 1. The lowest BCUT2D eigenvalue weighted by Gasteiger charge is -2.36. The molecule has 0 spiro atoms. The van der Waals surface area contributed by atoms with Gasteiger partial charge in [0.25, 0.3) is 0 Å². The Hall–Kier alpha value is -3.24. The molecule has 40 heavy (non-hydrogen) atoms. The van der Waals surface area contributed by atoms with Crippen LogP contribution in [0.2, 0.25) is 5.02 Å². The predicted molar refractivity (Wildman–Crippen MR) is 135 cm³/mol. The average molecular weight is 590 g/mol. The second-order valence-corrected chi connectivity index (χ2v) is 10.1. The summed E-state index contributed by atoms with van der Waals surface area (Å²) in [4.78, 5) is 19.9. The van der Waals surface area contributed by atoms with E-state index in [0.29, 0.717) is 51.9 Å². The van der Waals surface area contributed by atoms with Gasteiger partial charge < -0.3 is 19.9 Å². The smallest absolute Gasteiger partial charge is 0.382 e. The number of nitrogens with one attached hydrogen (secondary N) is 1. The molecule has 1 amide bonds. The van der Waals surface area contributed by atoms with E-state index >= 15 is 0 Å². The molecule has 1 N–H and O–H groups in total. The van der Waals surface area contributed by atoms with Crippen LogP contribution in [0.1, 0.15) is 42.4 Å². The zero-order chi connectivity index (χ0) is 29.1. The highest BCUT2D eigenvalue weighted by Crippen LogP contribution is 2.35. The van der Waals surface area contributed by atoms with Crippen molar-refractivity contribution in [3.05, 3.63) is 52.2 Å². The Balaban J connectivity index is 1.20. The summed E-state index contributed by atoms with van der Waals surface area (Å²) >= 11 is 6.03. The molecule has 0 bridgehead atoms. The third kappa shape index (κ3) is 7.28. The third-order valence-electron chi connectivity index (χ3n) is 7.01. The molecule has 216 valence electrons. The number of carbonyl (C=O) groups is 1. The first kappa shape index (κ1) is 29.7. The van der Waals surface area contributed by atoms with E-state index < -0.39 is 29.0 Å². The molecule has 1 aliphatic heterocycles. The van der Waals surface area contributed by atoms with Gasteiger partial charge in [0.1, 0.15) is 12.4 Å². The standard InChI is InChI=1S/C26H26ClF6N5O2/c27-22-11-17(25(28,29)30)14-35-24(22)38-9-7-37(8-10-38)23(39)15-40-20-5-3-18(4-6-20)36-19-2-1-16(13-34)21(12-19)26(31,32)33/h1-2,11-12,14,18,20,36H,3-10,15H2. The predicted octanol–water partition coefficient (Wildman–Crippen LogP) is 5.73. The van der Waals surface area contributed by atoms with Gasteiger partial charge in [-0.05, 0) is 49.9 Å². The van der Waals surface area contributed by atoms with Crippen molar-refractivity contribution in [2.45, 2.75) is 50.2 Å². The first-order valence-corrected chi connectivity index (χ1v) is 13.0. The molecule has 1 saturated heterocycles. The van der Waals surface area contributed by atoms with Gasteiger partial charge >= 0.3 is 12.4 Å². The Morgan fingerprint density at radius 3 is 2.30 bits per heavy atom. The topological polar surface area (TPSA) is 81.5 Å². The molecular weight excluding hydrogens is 564 g/mol. The van der Waals surface area contributed by atoms with Gasteiger partial charge in [-0.25, -0.2) is 4.98 Å². The van der Waals surface area contributed by atoms with Crippen molar-refractivity contribution in [1.29, 1.82) is 5.26 Å². The van der Waals surface area contributed by atoms with E-state index in [9.17, 15) is 31.1 Å². The van der Waals surface area contributed by atoms with E-state index in [-0.39, 0.29) is 41.2 Å². The highest BCUT2D eigenvalue weighted by atomic mass is 35.5. The Bertz CT molecular complexity index is 1250. The molecule has 2 fully saturated rings. The van der Waals surface area contributed by atoms with Crippen LogP contribution in [0.15, 0.2) is 30.5 Å². The van der Waals surface area contributed by atoms with Crippen molar-refractivity contribution in [3.8, 4) is 6.07 Å². The van der Waals surface area contributed by atoms with E-state index in [4.69, 9.17) is 21.6 Å². The van der Waals surface area contributed by atoms with Crippen LogP contribution in [0.5, 0.6) is 0 Å². The minimum Gasteiger partial charge on any atom is -0.382 e. The van der Waals surface area contributed by atoms with Crippen molar-refractivity contribution < 1.29 is 35.9 Å². The van der Waals surface area contributed by atoms with E-state index in [1.54, 1.807) is 15.9 Å². The number of rotatable bonds is 6. The molecule has 0 radical (unpaired) electrons. The molecular formula is C26H26ClF6N5O2. The molecule has 0 unspecified atom stereocenters. The van der Waals surface area contributed by atoms with Crippen LogP contribution >= 0.6 is 11.6 Å². The normalized spacial score (nSPS) is 20.2. The maximum atomic E-state index is 13.2. The number of benzene rings is 1. The Morgan fingerprint density at radius 2 is 1.73 bits per heavy atom. The first-order chi connectivity index (χ1) is 18.8. The van der Waals surface area contributed by atoms with Crippen molar-refractivity contribution in [3.63, 3.8) is 0 Å². The van der Waals surface area contributed by atoms with Gasteiger partial charge in [0, 0.05) is 44.1 Å². The molecule has 1 aromatic carbocycles. The number of pyridine rings is 1. The number of carbonyl (C=O) groups excluding carboxylic acids is 1. The lowest BCUT2D eigenvalue weighted by atomic mass is 9.92. The average Bonchev–Trinajstić information content (AvgIpc) is 2.91. The summed E-state index contributed by atoms with van der Waals surface area (Å²) in [6.45, 7) is 1.26. The minimum absolute atomic E-state index is 0.0664. The summed E-state index contributed by atoms with van der Waals surface area (Å²) in [5, 5.41) is 11.9. The Kier molecular flexibility index (Phi) is 8.99. The zero-order valence-electron chi connectivity index (χ0n) is 21.2. The number of amides is 1. The molecule has 14 heteroatoms. The number of alkyl halides is 6. The molecule has 1 aliphatic carbocycles. The number of anilines is 2. The number of piperazine rings is 1. The molecule has 7 nitrogen and oxygen atoms in total. The second-order valence-electron chi connectivity index (χ2n) is 9.69. The van der Waals surface area contributed by atoms with Gasteiger partial charge in [-0.15, -0.1) is 0 Å². The van der Waals surface area contributed by atoms with E-state index in [1.165, 1.54) is 6.07 Å². The van der Waals surface area contributed by atoms with Gasteiger partial charge in [-0.3, -0.25) is 4.79 Å². The maximum absolute atomic E-state index is 13.2. The lowest BCUT2D eigenvalue weighted by molar-refractivity contribution is -0.139. The van der Waals surface area contributed by atoms with E-state index in [1.807, 2.05) is 0 Å². The van der Waals surface area contributed by atoms with Gasteiger partial charge in [-0.1, -0.05) is 11.6 Å². The zero-order valence-corrected chi connectivity index (χ0v) is 21.9. The number of ether oxygens (including phenoxy) is 1. The highest BCUT2D eigenvalue weighted by molar-refractivity contribution is 6.33. The van der Waals surface area contributed by atoms with Crippen LogP contribution < -0.4 is 10.2 Å². The monoisotopic (exact) mass is 589 g/mol. The van der Waals surface area contributed by atoms with Crippen LogP contribution in [-0.4, -0.2) is 60.7 Å². The SMILES string of the molecule is N#Cc1ccc(NC2CCC(OCC(=O)N3CCN(c4ncc(C(F)(F)F)cc4Cl)CC3)CC2)cc1C(F)(F)F. The minimum atomic E-state index is -4.63. The largest absolute Gasteiger partial charge is 0.417 e. The summed E-state index contributed by atoms with van der Waals surface area (Å²) in [5.41, 5.74) is -2.05. The van der Waals surface area contributed by atoms with Crippen LogP contribution in [-0.2, 0) is 21.9 Å². The third-order valence-corrected chi connectivity index (χ3v) is 7.29. The summed E-state index contributed by atoms with van der Waals surface area (Å²) in [5.74, 6) is 0.0302. The van der Waals surface area contributed by atoms with Gasteiger partial charge in [-0.2, -0.15) is 31.6 Å². The summed E-state index contributed by atoms with van der Waals surface area (Å²) in [7, 11) is 0. The maximum Gasteiger partial charge on any atom is 0.417 e. The van der Waals surface area contributed by atoms with Gasteiger partial charge in [0.05, 0.1) is 33.9 Å². The molecule has 2 aliphatic rings. The molecule has 2 aromatic rings. The van der Waals surface area contributed by atoms with Crippen molar-refractivity contribution in [1.82, 2.24) is 9.88 Å². The number of hydrogen-bond acceptors (Lipinski definition) is 6. The number of nitrogens with zero attached hydrogens (tertiary/aromatic N) is 4.